The lowest BCUT2D eigenvalue weighted by Gasteiger charge is -2.19. The molecule has 0 saturated carbocycles. The molecule has 0 fully saturated rings. The average Bonchev–Trinajstić information content (AvgIpc) is 2.01. The van der Waals surface area contributed by atoms with Crippen molar-refractivity contribution in [1.82, 2.24) is 10.4 Å². The van der Waals surface area contributed by atoms with Gasteiger partial charge in [-0.1, -0.05) is 20.8 Å². The van der Waals surface area contributed by atoms with Gasteiger partial charge in [-0.15, -0.1) is 0 Å². The monoisotopic (exact) mass is 188 g/mol. The second kappa shape index (κ2) is 4.23. The van der Waals surface area contributed by atoms with Crippen molar-refractivity contribution in [3.8, 4) is 0 Å². The van der Waals surface area contributed by atoms with Crippen LogP contribution in [0.3, 0.4) is 0 Å². The first kappa shape index (κ1) is 11.9. The highest BCUT2D eigenvalue weighted by Crippen LogP contribution is 2.12. The van der Waals surface area contributed by atoms with Gasteiger partial charge in [0, 0.05) is 12.5 Å². The number of nitrogens with one attached hydrogen (secondary N) is 1. The summed E-state index contributed by atoms with van der Waals surface area (Å²) in [6.07, 6.45) is 0. The third kappa shape index (κ3) is 3.89. The molecule has 0 radical (unpaired) electrons. The van der Waals surface area contributed by atoms with E-state index in [0.717, 1.165) is 5.06 Å². The third-order valence-electron chi connectivity index (χ3n) is 1.46. The van der Waals surface area contributed by atoms with Gasteiger partial charge in [0.25, 0.3) is 0 Å². The van der Waals surface area contributed by atoms with E-state index in [0.29, 0.717) is 0 Å². The van der Waals surface area contributed by atoms with E-state index in [-0.39, 0.29) is 5.91 Å². The Labute approximate surface area is 78.0 Å². The molecule has 13 heavy (non-hydrogen) atoms. The summed E-state index contributed by atoms with van der Waals surface area (Å²) in [4.78, 5) is 27.0. The highest BCUT2D eigenvalue weighted by Gasteiger charge is 2.24. The van der Waals surface area contributed by atoms with Crippen LogP contribution in [0.15, 0.2) is 0 Å². The number of urea groups is 1. The van der Waals surface area contributed by atoms with E-state index in [1.54, 1.807) is 20.8 Å². The number of carbonyl (C=O) groups is 2. The highest BCUT2D eigenvalue weighted by atomic mass is 16.7. The molecule has 0 heterocycles. The number of imide groups is 1. The minimum atomic E-state index is -0.579. The first-order chi connectivity index (χ1) is 5.79. The molecule has 0 unspecified atom stereocenters. The number of hydroxylamine groups is 2. The fourth-order valence-electron chi connectivity index (χ4n) is 0.446. The number of carbonyl (C=O) groups excluding carboxylic acids is 2. The molecule has 0 bridgehead atoms. The Balaban J connectivity index is 4.16. The van der Waals surface area contributed by atoms with Gasteiger partial charge in [-0.25, -0.2) is 9.86 Å². The maximum atomic E-state index is 11.3. The average molecular weight is 188 g/mol. The van der Waals surface area contributed by atoms with E-state index >= 15 is 0 Å². The molecule has 76 valence electrons. The Morgan fingerprint density at radius 3 is 2.08 bits per heavy atom. The molecule has 0 aliphatic rings. The molecule has 0 aromatic heterocycles. The van der Waals surface area contributed by atoms with Crippen LogP contribution in [-0.4, -0.2) is 31.2 Å². The van der Waals surface area contributed by atoms with Crippen LogP contribution in [0.1, 0.15) is 20.8 Å². The molecular formula is C8H16N2O3. The van der Waals surface area contributed by atoms with Crippen molar-refractivity contribution in [1.29, 1.82) is 0 Å². The summed E-state index contributed by atoms with van der Waals surface area (Å²) >= 11 is 0. The molecule has 0 aliphatic carbocycles. The van der Waals surface area contributed by atoms with Gasteiger partial charge in [0.2, 0.25) is 5.91 Å². The molecule has 5 heteroatoms. The van der Waals surface area contributed by atoms with Crippen LogP contribution in [0, 0.1) is 5.41 Å². The zero-order valence-electron chi connectivity index (χ0n) is 8.67. The maximum Gasteiger partial charge on any atom is 0.347 e. The summed E-state index contributed by atoms with van der Waals surface area (Å²) in [5, 5.41) is 3.14. The van der Waals surface area contributed by atoms with E-state index in [9.17, 15) is 9.59 Å². The van der Waals surface area contributed by atoms with Gasteiger partial charge in [-0.05, 0) is 0 Å². The van der Waals surface area contributed by atoms with Crippen molar-refractivity contribution in [2.75, 3.05) is 14.2 Å². The Bertz CT molecular complexity index is 208. The molecule has 0 rings (SSSR count). The molecular weight excluding hydrogens is 172 g/mol. The fourth-order valence-corrected chi connectivity index (χ4v) is 0.446. The van der Waals surface area contributed by atoms with Gasteiger partial charge in [0.05, 0.1) is 7.11 Å². The molecule has 0 spiro atoms. The number of nitrogens with zero attached hydrogens (tertiary/aromatic N) is 1. The smallest absolute Gasteiger partial charge is 0.276 e. The van der Waals surface area contributed by atoms with Gasteiger partial charge in [-0.2, -0.15) is 0 Å². The predicted molar refractivity (Wildman–Crippen MR) is 47.8 cm³/mol. The number of hydrogen-bond acceptors (Lipinski definition) is 3. The second-order valence-corrected chi connectivity index (χ2v) is 3.69. The van der Waals surface area contributed by atoms with Crippen LogP contribution in [0.5, 0.6) is 0 Å². The number of amides is 3. The Morgan fingerprint density at radius 1 is 1.31 bits per heavy atom. The van der Waals surface area contributed by atoms with Crippen molar-refractivity contribution < 1.29 is 14.4 Å². The van der Waals surface area contributed by atoms with E-state index in [1.807, 2.05) is 0 Å². The lowest BCUT2D eigenvalue weighted by atomic mass is 9.96. The lowest BCUT2D eigenvalue weighted by molar-refractivity contribution is -0.129. The minimum absolute atomic E-state index is 0.332. The lowest BCUT2D eigenvalue weighted by Crippen LogP contribution is -2.44. The standard InChI is InChI=1S/C8H16N2O3/c1-8(2,3)6(11)9-7(12)10(4)13-5/h1-5H3,(H,9,11,12). The van der Waals surface area contributed by atoms with Crippen molar-refractivity contribution in [3.05, 3.63) is 0 Å². The van der Waals surface area contributed by atoms with Gasteiger partial charge < -0.3 is 0 Å². The molecule has 0 aromatic rings. The topological polar surface area (TPSA) is 58.6 Å². The fraction of sp³-hybridized carbons (Fsp3) is 0.750. The normalized spacial score (nSPS) is 10.8. The van der Waals surface area contributed by atoms with Crippen LogP contribution in [0.2, 0.25) is 0 Å². The quantitative estimate of drug-likeness (QED) is 0.618. The summed E-state index contributed by atoms with van der Waals surface area (Å²) in [6, 6.07) is -0.567. The van der Waals surface area contributed by atoms with Crippen LogP contribution >= 0.6 is 0 Å². The van der Waals surface area contributed by atoms with Gasteiger partial charge >= 0.3 is 6.03 Å². The van der Waals surface area contributed by atoms with Gasteiger partial charge in [0.15, 0.2) is 0 Å². The summed E-state index contributed by atoms with van der Waals surface area (Å²) in [7, 11) is 2.77. The predicted octanol–water partition coefficient (Wildman–Crippen LogP) is 0.762. The molecule has 0 aromatic carbocycles. The minimum Gasteiger partial charge on any atom is -0.276 e. The first-order valence-corrected chi connectivity index (χ1v) is 3.92. The number of rotatable bonds is 1. The Hall–Kier alpha value is -1.10. The van der Waals surface area contributed by atoms with Crippen LogP contribution in [0.4, 0.5) is 4.79 Å². The largest absolute Gasteiger partial charge is 0.347 e. The summed E-state index contributed by atoms with van der Waals surface area (Å²) < 4.78 is 0. The van der Waals surface area contributed by atoms with E-state index in [4.69, 9.17) is 0 Å². The highest BCUT2D eigenvalue weighted by molar-refractivity contribution is 5.96. The van der Waals surface area contributed by atoms with Crippen LogP contribution in [0.25, 0.3) is 0 Å². The molecule has 3 amide bonds. The zero-order valence-corrected chi connectivity index (χ0v) is 8.67. The van der Waals surface area contributed by atoms with Gasteiger partial charge in [-0.3, -0.25) is 14.9 Å². The van der Waals surface area contributed by atoms with Crippen molar-refractivity contribution in [2.45, 2.75) is 20.8 Å². The molecule has 1 N–H and O–H groups in total. The third-order valence-corrected chi connectivity index (χ3v) is 1.46. The second-order valence-electron chi connectivity index (χ2n) is 3.69. The zero-order chi connectivity index (χ0) is 10.6. The van der Waals surface area contributed by atoms with Crippen molar-refractivity contribution in [2.24, 2.45) is 5.41 Å². The van der Waals surface area contributed by atoms with Crippen molar-refractivity contribution >= 4 is 11.9 Å². The van der Waals surface area contributed by atoms with Crippen LogP contribution < -0.4 is 5.32 Å². The van der Waals surface area contributed by atoms with E-state index in [1.165, 1.54) is 14.2 Å². The van der Waals surface area contributed by atoms with Gasteiger partial charge in [0.1, 0.15) is 0 Å². The summed E-state index contributed by atoms with van der Waals surface area (Å²) in [5.41, 5.74) is -0.579. The van der Waals surface area contributed by atoms with Crippen LogP contribution in [-0.2, 0) is 9.63 Å². The SMILES string of the molecule is CON(C)C(=O)NC(=O)C(C)(C)C. The summed E-state index contributed by atoms with van der Waals surface area (Å²) in [5.74, 6) is -0.332. The van der Waals surface area contributed by atoms with E-state index in [2.05, 4.69) is 10.2 Å². The molecule has 0 aliphatic heterocycles. The maximum absolute atomic E-state index is 11.3. The molecule has 0 saturated heterocycles. The Morgan fingerprint density at radius 2 is 1.77 bits per heavy atom. The van der Waals surface area contributed by atoms with E-state index < -0.39 is 11.4 Å². The number of hydrogen-bond donors (Lipinski definition) is 1. The molecule has 5 nitrogen and oxygen atoms in total. The first-order valence-electron chi connectivity index (χ1n) is 3.92. The summed E-state index contributed by atoms with van der Waals surface area (Å²) in [6.45, 7) is 5.17. The van der Waals surface area contributed by atoms with Crippen molar-refractivity contribution in [3.63, 3.8) is 0 Å². The molecule has 0 atom stereocenters. The Kier molecular flexibility index (Phi) is 3.87.